The third-order valence-corrected chi connectivity index (χ3v) is 8.51. The number of sulfonamides is 1. The molecule has 0 aromatic heterocycles. The van der Waals surface area contributed by atoms with Crippen LogP contribution in [0.2, 0.25) is 0 Å². The van der Waals surface area contributed by atoms with Gasteiger partial charge in [0.15, 0.2) is 0 Å². The van der Waals surface area contributed by atoms with Gasteiger partial charge in [-0.25, -0.2) is 8.42 Å². The van der Waals surface area contributed by atoms with Crippen LogP contribution >= 0.6 is 0 Å². The summed E-state index contributed by atoms with van der Waals surface area (Å²) in [5.74, 6) is -0.875. The Kier molecular flexibility index (Phi) is 11.9. The van der Waals surface area contributed by atoms with Gasteiger partial charge in [0.2, 0.25) is 21.8 Å². The Morgan fingerprint density at radius 3 is 2.08 bits per heavy atom. The van der Waals surface area contributed by atoms with Gasteiger partial charge >= 0.3 is 0 Å². The number of rotatable bonds is 14. The van der Waals surface area contributed by atoms with E-state index in [-0.39, 0.29) is 35.7 Å². The van der Waals surface area contributed by atoms with E-state index in [0.29, 0.717) is 6.42 Å². The van der Waals surface area contributed by atoms with Crippen LogP contribution < -0.4 is 10.6 Å². The number of hydrogen-bond donors (Lipinski definition) is 3. The van der Waals surface area contributed by atoms with E-state index in [2.05, 4.69) is 10.6 Å². The standard InChI is InChI=1S/C29H43N3O5S/c1-7-21(4)18-32(38(36,37)25-15-13-22(5)14-16-25)19-27(34)26(17-24-11-9-8-10-12-24)31-29(35)28(20(2)3)30-23(6)33/h8-16,20-21,26-28,34H,7,17-19H2,1-6H3,(H,30,33)(H,31,35)/t21?,26-,27+,28?/m0/s1. The second-order valence-corrected chi connectivity index (χ2v) is 12.4. The number of amides is 2. The summed E-state index contributed by atoms with van der Waals surface area (Å²) in [6.07, 6.45) is -0.138. The van der Waals surface area contributed by atoms with Crippen LogP contribution in [0.15, 0.2) is 59.5 Å². The number of aliphatic hydroxyl groups is 1. The monoisotopic (exact) mass is 545 g/mol. The quantitative estimate of drug-likeness (QED) is 0.337. The van der Waals surface area contributed by atoms with Gasteiger partial charge in [-0.05, 0) is 42.9 Å². The van der Waals surface area contributed by atoms with E-state index in [1.54, 1.807) is 24.3 Å². The Morgan fingerprint density at radius 2 is 1.55 bits per heavy atom. The number of carbonyl (C=O) groups excluding carboxylic acids is 2. The van der Waals surface area contributed by atoms with Crippen molar-refractivity contribution in [3.05, 3.63) is 65.7 Å². The first-order valence-electron chi connectivity index (χ1n) is 13.2. The third-order valence-electron chi connectivity index (χ3n) is 6.66. The third kappa shape index (κ3) is 9.22. The predicted octanol–water partition coefficient (Wildman–Crippen LogP) is 3.28. The number of carbonyl (C=O) groups is 2. The number of aliphatic hydroxyl groups excluding tert-OH is 1. The lowest BCUT2D eigenvalue weighted by Gasteiger charge is -2.32. The van der Waals surface area contributed by atoms with Crippen molar-refractivity contribution in [2.45, 2.75) is 77.5 Å². The molecule has 210 valence electrons. The molecular weight excluding hydrogens is 502 g/mol. The van der Waals surface area contributed by atoms with Gasteiger partial charge in [0, 0.05) is 20.0 Å². The molecule has 0 aliphatic rings. The van der Waals surface area contributed by atoms with E-state index in [4.69, 9.17) is 0 Å². The summed E-state index contributed by atoms with van der Waals surface area (Å²) in [5.41, 5.74) is 1.83. The fourth-order valence-corrected chi connectivity index (χ4v) is 5.70. The van der Waals surface area contributed by atoms with Gasteiger partial charge in [0.25, 0.3) is 0 Å². The lowest BCUT2D eigenvalue weighted by atomic mass is 9.98. The van der Waals surface area contributed by atoms with E-state index in [0.717, 1.165) is 17.5 Å². The van der Waals surface area contributed by atoms with E-state index < -0.39 is 34.1 Å². The molecule has 0 bridgehead atoms. The molecule has 2 rings (SSSR count). The Hall–Kier alpha value is -2.75. The predicted molar refractivity (Wildman–Crippen MR) is 150 cm³/mol. The van der Waals surface area contributed by atoms with Crippen LogP contribution in [0.5, 0.6) is 0 Å². The molecule has 0 saturated heterocycles. The molecule has 2 aromatic carbocycles. The molecule has 3 N–H and O–H groups in total. The number of aryl methyl sites for hydroxylation is 1. The lowest BCUT2D eigenvalue weighted by molar-refractivity contribution is -0.130. The zero-order valence-electron chi connectivity index (χ0n) is 23.3. The number of hydrogen-bond acceptors (Lipinski definition) is 5. The van der Waals surface area contributed by atoms with Gasteiger partial charge in [-0.3, -0.25) is 9.59 Å². The van der Waals surface area contributed by atoms with Crippen molar-refractivity contribution in [3.63, 3.8) is 0 Å². The Morgan fingerprint density at radius 1 is 0.947 bits per heavy atom. The normalized spacial score (nSPS) is 15.1. The highest BCUT2D eigenvalue weighted by Crippen LogP contribution is 2.20. The zero-order chi connectivity index (χ0) is 28.5. The molecule has 0 fully saturated rings. The van der Waals surface area contributed by atoms with Crippen molar-refractivity contribution in [1.29, 1.82) is 0 Å². The molecular formula is C29H43N3O5S. The molecule has 9 heteroatoms. The van der Waals surface area contributed by atoms with Crippen molar-refractivity contribution in [3.8, 4) is 0 Å². The molecule has 38 heavy (non-hydrogen) atoms. The SMILES string of the molecule is CCC(C)CN(C[C@@H](O)[C@H](Cc1ccccc1)NC(=O)C(NC(C)=O)C(C)C)S(=O)(=O)c1ccc(C)cc1. The first kappa shape index (κ1) is 31.5. The van der Waals surface area contributed by atoms with E-state index in [1.807, 2.05) is 65.0 Å². The van der Waals surface area contributed by atoms with Crippen LogP contribution in [0, 0.1) is 18.8 Å². The van der Waals surface area contributed by atoms with Crippen molar-refractivity contribution < 1.29 is 23.1 Å². The minimum Gasteiger partial charge on any atom is -0.390 e. The van der Waals surface area contributed by atoms with Crippen LogP contribution in [0.4, 0.5) is 0 Å². The number of benzene rings is 2. The van der Waals surface area contributed by atoms with E-state index >= 15 is 0 Å². The second-order valence-electron chi connectivity index (χ2n) is 10.4. The molecule has 2 aromatic rings. The van der Waals surface area contributed by atoms with Gasteiger partial charge in [0.1, 0.15) is 6.04 Å². The highest BCUT2D eigenvalue weighted by atomic mass is 32.2. The van der Waals surface area contributed by atoms with Gasteiger partial charge in [-0.2, -0.15) is 4.31 Å². The maximum absolute atomic E-state index is 13.6. The first-order valence-corrected chi connectivity index (χ1v) is 14.6. The smallest absolute Gasteiger partial charge is 0.243 e. The average Bonchev–Trinajstić information content (AvgIpc) is 2.86. The molecule has 0 heterocycles. The van der Waals surface area contributed by atoms with Crippen molar-refractivity contribution >= 4 is 21.8 Å². The van der Waals surface area contributed by atoms with E-state index in [1.165, 1.54) is 11.2 Å². The van der Waals surface area contributed by atoms with Crippen LogP contribution in [0.25, 0.3) is 0 Å². The molecule has 0 radical (unpaired) electrons. The molecule has 4 atom stereocenters. The summed E-state index contributed by atoms with van der Waals surface area (Å²) < 4.78 is 28.6. The highest BCUT2D eigenvalue weighted by molar-refractivity contribution is 7.89. The van der Waals surface area contributed by atoms with Crippen LogP contribution in [0.1, 0.15) is 52.2 Å². The van der Waals surface area contributed by atoms with E-state index in [9.17, 15) is 23.1 Å². The molecule has 8 nitrogen and oxygen atoms in total. The Labute approximate surface area is 227 Å². The maximum atomic E-state index is 13.6. The summed E-state index contributed by atoms with van der Waals surface area (Å²) in [4.78, 5) is 25.1. The molecule has 0 aliphatic heterocycles. The zero-order valence-corrected chi connectivity index (χ0v) is 24.2. The van der Waals surface area contributed by atoms with Gasteiger partial charge in [-0.1, -0.05) is 82.1 Å². The highest BCUT2D eigenvalue weighted by Gasteiger charge is 2.33. The first-order chi connectivity index (χ1) is 17.8. The topological polar surface area (TPSA) is 116 Å². The minimum absolute atomic E-state index is 0.0645. The van der Waals surface area contributed by atoms with Gasteiger partial charge < -0.3 is 15.7 Å². The Balaban J connectivity index is 2.38. The summed E-state index contributed by atoms with van der Waals surface area (Å²) in [6, 6.07) is 14.5. The molecule has 0 saturated carbocycles. The fourth-order valence-electron chi connectivity index (χ4n) is 4.12. The van der Waals surface area contributed by atoms with Gasteiger partial charge in [0.05, 0.1) is 17.0 Å². The van der Waals surface area contributed by atoms with Crippen molar-refractivity contribution in [2.75, 3.05) is 13.1 Å². The second kappa shape index (κ2) is 14.4. The average molecular weight is 546 g/mol. The van der Waals surface area contributed by atoms with Crippen LogP contribution in [0.3, 0.4) is 0 Å². The summed E-state index contributed by atoms with van der Waals surface area (Å²) in [7, 11) is -3.89. The largest absolute Gasteiger partial charge is 0.390 e. The maximum Gasteiger partial charge on any atom is 0.243 e. The van der Waals surface area contributed by atoms with Crippen LogP contribution in [-0.4, -0.2) is 60.9 Å². The Bertz CT molecular complexity index is 1140. The van der Waals surface area contributed by atoms with Gasteiger partial charge in [-0.15, -0.1) is 0 Å². The molecule has 0 spiro atoms. The summed E-state index contributed by atoms with van der Waals surface area (Å²) in [5, 5.41) is 17.0. The van der Waals surface area contributed by atoms with Crippen LogP contribution in [-0.2, 0) is 26.0 Å². The van der Waals surface area contributed by atoms with Crippen molar-refractivity contribution in [1.82, 2.24) is 14.9 Å². The number of nitrogens with zero attached hydrogens (tertiary/aromatic N) is 1. The fraction of sp³-hybridized carbons (Fsp3) is 0.517. The molecule has 2 amide bonds. The summed E-state index contributed by atoms with van der Waals surface area (Å²) >= 11 is 0. The minimum atomic E-state index is -3.89. The molecule has 2 unspecified atom stereocenters. The molecule has 0 aliphatic carbocycles. The summed E-state index contributed by atoms with van der Waals surface area (Å²) in [6.45, 7) is 10.9. The van der Waals surface area contributed by atoms with Crippen molar-refractivity contribution in [2.24, 2.45) is 11.8 Å². The lowest BCUT2D eigenvalue weighted by Crippen LogP contribution is -2.56. The number of nitrogens with one attached hydrogen (secondary N) is 2.